The molecule has 0 fully saturated rings. The maximum atomic E-state index is 11.3. The molecule has 236 valence electrons. The molecule has 0 saturated carbocycles. The molecule has 0 aromatic heterocycles. The van der Waals surface area contributed by atoms with Gasteiger partial charge in [-0.05, 0) is 182 Å². The van der Waals surface area contributed by atoms with Gasteiger partial charge in [-0.1, -0.05) is 0 Å². The molecule has 0 aliphatic carbocycles. The Labute approximate surface area is 352 Å². The molecule has 0 unspecified atom stereocenters. The van der Waals surface area contributed by atoms with Crippen molar-refractivity contribution in [1.82, 2.24) is 0 Å². The van der Waals surface area contributed by atoms with Gasteiger partial charge in [-0.2, -0.15) is 0 Å². The van der Waals surface area contributed by atoms with Crippen LogP contribution in [0.1, 0.15) is 54.3 Å². The molecule has 0 aliphatic rings. The van der Waals surface area contributed by atoms with Gasteiger partial charge in [0.15, 0.2) is 0 Å². The molecule has 21 heteroatoms. The number of halogens is 10. The molecule has 0 aliphatic heterocycles. The van der Waals surface area contributed by atoms with Crippen LogP contribution in [0.25, 0.3) is 0 Å². The van der Waals surface area contributed by atoms with Crippen molar-refractivity contribution in [2.45, 2.75) is 23.5 Å². The maximum absolute atomic E-state index is 11.3. The predicted octanol–water partition coefficient (Wildman–Crippen LogP) is 8.16. The first-order valence-electron chi connectivity index (χ1n) is 10.4. The average Bonchev–Trinajstić information content (AvgIpc) is 2.85. The number of carboxylic acid groups (broad SMARTS) is 2. The summed E-state index contributed by atoms with van der Waals surface area (Å²) in [5.74, 6) is -1.61. The zero-order valence-corrected chi connectivity index (χ0v) is 38.2. The zero-order valence-electron chi connectivity index (χ0n) is 20.5. The summed E-state index contributed by atoms with van der Waals surface area (Å²) in [5, 5.41) is 15.1. The van der Waals surface area contributed by atoms with E-state index in [1.165, 1.54) is 0 Å². The zero-order chi connectivity index (χ0) is 33.9. The molecular formula is C22H14Cl4I6N2O8Se. The summed E-state index contributed by atoms with van der Waals surface area (Å²) >= 11 is 33.4. The van der Waals surface area contributed by atoms with E-state index in [0.717, 1.165) is 0 Å². The van der Waals surface area contributed by atoms with Crippen LogP contribution in [0.2, 0.25) is 10.6 Å². The standard InChI is InChI=1S/2C8H2Cl2I3NO2.C6H10O4Se/c2*9-7(15)1-3(11)2(8(10)16)5(13)6(14)4(1)12;7-5(8)1-3-11-4-2-6(9)10/h2*14H2;1-4H2,(H,7,8)(H,9,10). The van der Waals surface area contributed by atoms with Gasteiger partial charge in [-0.25, -0.2) is 0 Å². The number of benzene rings is 2. The van der Waals surface area contributed by atoms with E-state index in [1.807, 2.05) is 136 Å². The van der Waals surface area contributed by atoms with Crippen molar-refractivity contribution in [3.63, 3.8) is 0 Å². The second-order valence-electron chi connectivity index (χ2n) is 7.21. The Morgan fingerprint density at radius 3 is 0.884 bits per heavy atom. The average molecular weight is 1420 g/mol. The van der Waals surface area contributed by atoms with E-state index >= 15 is 0 Å². The summed E-state index contributed by atoms with van der Waals surface area (Å²) in [4.78, 5) is 65.1. The van der Waals surface area contributed by atoms with Crippen molar-refractivity contribution in [1.29, 1.82) is 0 Å². The molecule has 0 radical (unpaired) electrons. The van der Waals surface area contributed by atoms with Crippen molar-refractivity contribution in [2.75, 3.05) is 11.5 Å². The molecule has 0 amide bonds. The first-order chi connectivity index (χ1) is 19.7. The fraction of sp³-hybridized carbons (Fsp3) is 0.182. The van der Waals surface area contributed by atoms with Gasteiger partial charge in [-0.3, -0.25) is 19.2 Å². The van der Waals surface area contributed by atoms with Crippen molar-refractivity contribution in [3.8, 4) is 0 Å². The van der Waals surface area contributed by atoms with Gasteiger partial charge in [0.2, 0.25) is 0 Å². The van der Waals surface area contributed by atoms with Gasteiger partial charge in [0.1, 0.15) is 0 Å². The number of carbonyl (C=O) groups is 6. The second kappa shape index (κ2) is 21.6. The molecule has 10 nitrogen and oxygen atoms in total. The Kier molecular flexibility index (Phi) is 22.5. The summed E-state index contributed by atoms with van der Waals surface area (Å²) in [5.41, 5.74) is 13.2. The molecule has 0 bridgehead atoms. The van der Waals surface area contributed by atoms with Gasteiger partial charge >= 0.3 is 70.2 Å². The number of rotatable bonds is 10. The molecule has 6 N–H and O–H groups in total. The van der Waals surface area contributed by atoms with Gasteiger partial charge in [0, 0.05) is 7.14 Å². The predicted molar refractivity (Wildman–Crippen MR) is 219 cm³/mol. The summed E-state index contributed by atoms with van der Waals surface area (Å²) in [6.07, 6.45) is 0.333. The van der Waals surface area contributed by atoms with Crippen LogP contribution in [0, 0.1) is 21.4 Å². The van der Waals surface area contributed by atoms with Gasteiger partial charge in [0.25, 0.3) is 21.0 Å². The Morgan fingerprint density at radius 1 is 0.512 bits per heavy atom. The van der Waals surface area contributed by atoms with Crippen LogP contribution in [0.5, 0.6) is 0 Å². The van der Waals surface area contributed by atoms with E-state index < -0.39 is 32.9 Å². The van der Waals surface area contributed by atoms with Crippen LogP contribution in [-0.2, 0) is 9.59 Å². The minimum atomic E-state index is -0.804. The molecule has 2 aromatic carbocycles. The van der Waals surface area contributed by atoms with E-state index in [4.69, 9.17) is 68.1 Å². The number of hydrogen-bond acceptors (Lipinski definition) is 8. The number of carboxylic acids is 2. The van der Waals surface area contributed by atoms with E-state index in [-0.39, 0.29) is 50.1 Å². The molecule has 2 aromatic rings. The summed E-state index contributed by atoms with van der Waals surface area (Å²) in [6, 6.07) is 0. The number of nitrogen functional groups attached to an aromatic ring is 2. The molecule has 2 rings (SSSR count). The summed E-state index contributed by atoms with van der Waals surface area (Å²) in [7, 11) is 0. The Hall–Kier alpha value is 1.72. The normalized spacial score (nSPS) is 10.1. The molecule has 0 spiro atoms. The number of aliphatic carboxylic acids is 2. The first kappa shape index (κ1) is 44.7. The fourth-order valence-electron chi connectivity index (χ4n) is 2.48. The van der Waals surface area contributed by atoms with Gasteiger partial charge in [-0.15, -0.1) is 0 Å². The molecule has 0 atom stereocenters. The van der Waals surface area contributed by atoms with Crippen LogP contribution < -0.4 is 11.5 Å². The van der Waals surface area contributed by atoms with Crippen molar-refractivity contribution in [2.24, 2.45) is 0 Å². The van der Waals surface area contributed by atoms with Crippen molar-refractivity contribution < 1.29 is 39.0 Å². The van der Waals surface area contributed by atoms with Crippen molar-refractivity contribution >= 4 is 241 Å². The summed E-state index contributed by atoms with van der Waals surface area (Å²) < 4.78 is 3.00. The number of hydrogen-bond donors (Lipinski definition) is 4. The van der Waals surface area contributed by atoms with E-state index in [2.05, 4.69) is 0 Å². The van der Waals surface area contributed by atoms with E-state index in [1.54, 1.807) is 0 Å². The van der Waals surface area contributed by atoms with Crippen LogP contribution in [0.15, 0.2) is 0 Å². The molecule has 0 heterocycles. The first-order valence-corrected chi connectivity index (χ1v) is 20.8. The number of carbonyl (C=O) groups excluding carboxylic acids is 4. The number of nitrogens with two attached hydrogens (primary N) is 2. The van der Waals surface area contributed by atoms with Crippen molar-refractivity contribution in [3.05, 3.63) is 43.7 Å². The van der Waals surface area contributed by atoms with Gasteiger partial charge < -0.3 is 11.5 Å². The van der Waals surface area contributed by atoms with E-state index in [9.17, 15) is 28.8 Å². The topological polar surface area (TPSA) is 195 Å². The monoisotopic (exact) mass is 1420 g/mol. The third-order valence-electron chi connectivity index (χ3n) is 4.41. The third kappa shape index (κ3) is 14.0. The van der Waals surface area contributed by atoms with Crippen LogP contribution in [0.3, 0.4) is 0 Å². The number of anilines is 2. The Morgan fingerprint density at radius 2 is 0.721 bits per heavy atom. The Balaban J connectivity index is 0.000000629. The minimum absolute atomic E-state index is 0.166. The Bertz CT molecular complexity index is 1290. The molecular weight excluding hydrogens is 1400 g/mol. The SMILES string of the molecule is Nc1c(I)c(C(=O)Cl)c(I)c(C(=O)Cl)c1I.Nc1c(I)c(C(=O)Cl)c(I)c(C(=O)Cl)c1I.O=C(O)CC[Se]CCC(=O)O. The van der Waals surface area contributed by atoms with Gasteiger partial charge in [0.05, 0.1) is 47.9 Å². The fourth-order valence-corrected chi connectivity index (χ4v) is 14.6. The molecule has 0 saturated heterocycles. The second-order valence-corrected chi connectivity index (χ2v) is 17.6. The third-order valence-corrected chi connectivity index (χ3v) is 13.9. The summed E-state index contributed by atoms with van der Waals surface area (Å²) in [6.45, 7) is 0. The quantitative estimate of drug-likeness (QED) is 0.0593. The van der Waals surface area contributed by atoms with E-state index in [0.29, 0.717) is 43.4 Å². The van der Waals surface area contributed by atoms with Crippen LogP contribution in [-0.4, -0.2) is 58.1 Å². The van der Waals surface area contributed by atoms with Crippen LogP contribution >= 0.6 is 182 Å². The van der Waals surface area contributed by atoms with Crippen LogP contribution in [0.4, 0.5) is 11.4 Å². The molecule has 43 heavy (non-hydrogen) atoms.